The van der Waals surface area contributed by atoms with E-state index in [4.69, 9.17) is 16.3 Å². The minimum absolute atomic E-state index is 0.168. The molecule has 2 aromatic carbocycles. The second-order valence-corrected chi connectivity index (χ2v) is 7.88. The van der Waals surface area contributed by atoms with Crippen LogP contribution in [-0.4, -0.2) is 43.3 Å². The number of nitrogens with one attached hydrogen (secondary N) is 1. The standard InChI is InChI=1S/C21H24ClN3O2S/c1-27-13-3-4-16-14-25(24-20(16)15-5-7-17(22)8-6-15)21(26)23-18-9-11-19(28-2)12-10-18/h5-12,16H,3-4,13-14H2,1-2H3,(H,23,26). The van der Waals surface area contributed by atoms with Crippen molar-refractivity contribution in [3.8, 4) is 0 Å². The zero-order valence-corrected chi connectivity index (χ0v) is 17.6. The van der Waals surface area contributed by atoms with Crippen molar-refractivity contribution in [3.05, 3.63) is 59.1 Å². The number of carbonyl (C=O) groups excluding carboxylic acids is 1. The average Bonchev–Trinajstić information content (AvgIpc) is 3.14. The maximum absolute atomic E-state index is 12.7. The van der Waals surface area contributed by atoms with E-state index < -0.39 is 0 Å². The zero-order valence-electron chi connectivity index (χ0n) is 16.0. The Kier molecular flexibility index (Phi) is 7.36. The molecule has 7 heteroatoms. The second-order valence-electron chi connectivity index (χ2n) is 6.56. The summed E-state index contributed by atoms with van der Waals surface area (Å²) in [7, 11) is 1.70. The van der Waals surface area contributed by atoms with Crippen molar-refractivity contribution in [3.63, 3.8) is 0 Å². The third-order valence-corrected chi connectivity index (χ3v) is 5.62. The van der Waals surface area contributed by atoms with Gasteiger partial charge in [0.05, 0.1) is 12.3 Å². The van der Waals surface area contributed by atoms with Gasteiger partial charge in [-0.25, -0.2) is 9.80 Å². The van der Waals surface area contributed by atoms with Crippen LogP contribution < -0.4 is 5.32 Å². The summed E-state index contributed by atoms with van der Waals surface area (Å²) in [6.45, 7) is 1.24. The average molecular weight is 418 g/mol. The lowest BCUT2D eigenvalue weighted by Gasteiger charge is -2.15. The minimum atomic E-state index is -0.224. The fourth-order valence-electron chi connectivity index (χ4n) is 3.15. The SMILES string of the molecule is COCCCC1CN(C(=O)Nc2ccc(SC)cc2)N=C1c1ccc(Cl)cc1. The summed E-state index contributed by atoms with van der Waals surface area (Å²) in [4.78, 5) is 13.9. The molecule has 3 rings (SSSR count). The van der Waals surface area contributed by atoms with E-state index in [-0.39, 0.29) is 11.9 Å². The molecule has 1 heterocycles. The normalized spacial score (nSPS) is 16.2. The van der Waals surface area contributed by atoms with Gasteiger partial charge in [0.25, 0.3) is 0 Å². The number of thioether (sulfide) groups is 1. The van der Waals surface area contributed by atoms with Gasteiger partial charge in [-0.05, 0) is 61.1 Å². The molecule has 1 aliphatic rings. The number of rotatable bonds is 7. The number of ether oxygens (including phenoxy) is 1. The summed E-state index contributed by atoms with van der Waals surface area (Å²) in [5, 5.41) is 9.76. The van der Waals surface area contributed by atoms with Crippen LogP contribution in [0.1, 0.15) is 18.4 Å². The number of nitrogens with zero attached hydrogens (tertiary/aromatic N) is 2. The predicted molar refractivity (Wildman–Crippen MR) is 117 cm³/mol. The zero-order chi connectivity index (χ0) is 19.9. The fraction of sp³-hybridized carbons (Fsp3) is 0.333. The lowest BCUT2D eigenvalue weighted by atomic mass is 9.93. The van der Waals surface area contributed by atoms with Gasteiger partial charge in [-0.3, -0.25) is 0 Å². The Balaban J connectivity index is 1.74. The third kappa shape index (κ3) is 5.28. The minimum Gasteiger partial charge on any atom is -0.385 e. The van der Waals surface area contributed by atoms with Gasteiger partial charge < -0.3 is 10.1 Å². The van der Waals surface area contributed by atoms with E-state index in [2.05, 4.69) is 10.4 Å². The molecule has 0 saturated heterocycles. The summed E-state index contributed by atoms with van der Waals surface area (Å²) in [6, 6.07) is 15.2. The van der Waals surface area contributed by atoms with Crippen LogP contribution in [0.3, 0.4) is 0 Å². The van der Waals surface area contributed by atoms with Crippen LogP contribution >= 0.6 is 23.4 Å². The van der Waals surface area contributed by atoms with E-state index in [1.807, 2.05) is 54.8 Å². The van der Waals surface area contributed by atoms with Crippen molar-refractivity contribution < 1.29 is 9.53 Å². The van der Waals surface area contributed by atoms with Crippen LogP contribution in [0.15, 0.2) is 58.5 Å². The maximum Gasteiger partial charge on any atom is 0.342 e. The quantitative estimate of drug-likeness (QED) is 0.487. The first-order chi connectivity index (χ1) is 13.6. The Morgan fingerprint density at radius 3 is 2.61 bits per heavy atom. The van der Waals surface area contributed by atoms with Gasteiger partial charge in [-0.15, -0.1) is 11.8 Å². The van der Waals surface area contributed by atoms with Crippen molar-refractivity contribution >= 4 is 40.8 Å². The number of carbonyl (C=O) groups is 1. The molecule has 28 heavy (non-hydrogen) atoms. The highest BCUT2D eigenvalue weighted by Crippen LogP contribution is 2.26. The van der Waals surface area contributed by atoms with Crippen molar-refractivity contribution in [2.24, 2.45) is 11.0 Å². The van der Waals surface area contributed by atoms with E-state index in [1.165, 1.54) is 5.01 Å². The van der Waals surface area contributed by atoms with Gasteiger partial charge in [0.15, 0.2) is 0 Å². The van der Waals surface area contributed by atoms with E-state index >= 15 is 0 Å². The molecule has 1 aliphatic heterocycles. The molecule has 0 spiro atoms. The molecular formula is C21H24ClN3O2S. The van der Waals surface area contributed by atoms with E-state index in [0.29, 0.717) is 18.2 Å². The number of halogens is 1. The molecule has 0 saturated carbocycles. The highest BCUT2D eigenvalue weighted by Gasteiger charge is 2.30. The molecule has 0 fully saturated rings. The highest BCUT2D eigenvalue weighted by molar-refractivity contribution is 7.98. The van der Waals surface area contributed by atoms with Crippen molar-refractivity contribution in [1.82, 2.24) is 5.01 Å². The van der Waals surface area contributed by atoms with Crippen LogP contribution in [0.4, 0.5) is 10.5 Å². The van der Waals surface area contributed by atoms with Gasteiger partial charge in [0, 0.05) is 35.2 Å². The summed E-state index contributed by atoms with van der Waals surface area (Å²) in [5.74, 6) is 0.168. The third-order valence-electron chi connectivity index (χ3n) is 4.63. The molecule has 0 aliphatic carbocycles. The molecule has 1 atom stereocenters. The first kappa shape index (κ1) is 20.7. The van der Waals surface area contributed by atoms with E-state index in [9.17, 15) is 4.79 Å². The molecule has 148 valence electrons. The Morgan fingerprint density at radius 2 is 1.96 bits per heavy atom. The molecule has 0 bridgehead atoms. The van der Waals surface area contributed by atoms with E-state index in [0.717, 1.165) is 34.7 Å². The van der Waals surface area contributed by atoms with Crippen LogP contribution in [0.5, 0.6) is 0 Å². The number of urea groups is 1. The van der Waals surface area contributed by atoms with Gasteiger partial charge >= 0.3 is 6.03 Å². The number of benzene rings is 2. The predicted octanol–water partition coefficient (Wildman–Crippen LogP) is 5.36. The summed E-state index contributed by atoms with van der Waals surface area (Å²) < 4.78 is 5.18. The number of amides is 2. The molecule has 0 aromatic heterocycles. The maximum atomic E-state index is 12.7. The molecule has 1 N–H and O–H groups in total. The summed E-state index contributed by atoms with van der Waals surface area (Å²) in [5.41, 5.74) is 2.67. The Morgan fingerprint density at radius 1 is 1.25 bits per heavy atom. The highest BCUT2D eigenvalue weighted by atomic mass is 35.5. The van der Waals surface area contributed by atoms with Gasteiger partial charge in [-0.1, -0.05) is 23.7 Å². The number of hydrogen-bond acceptors (Lipinski definition) is 4. The Hall–Kier alpha value is -2.02. The second kappa shape index (κ2) is 9.96. The van der Waals surface area contributed by atoms with E-state index in [1.54, 1.807) is 18.9 Å². The first-order valence-electron chi connectivity index (χ1n) is 9.16. The van der Waals surface area contributed by atoms with Crippen LogP contribution in [-0.2, 0) is 4.74 Å². The first-order valence-corrected chi connectivity index (χ1v) is 10.8. The molecule has 0 radical (unpaired) electrons. The number of methoxy groups -OCH3 is 1. The van der Waals surface area contributed by atoms with Crippen molar-refractivity contribution in [2.45, 2.75) is 17.7 Å². The lowest BCUT2D eigenvalue weighted by Crippen LogP contribution is -2.30. The molecular weight excluding hydrogens is 394 g/mol. The monoisotopic (exact) mass is 417 g/mol. The van der Waals surface area contributed by atoms with Crippen molar-refractivity contribution in [1.29, 1.82) is 0 Å². The van der Waals surface area contributed by atoms with Crippen LogP contribution in [0.2, 0.25) is 5.02 Å². The van der Waals surface area contributed by atoms with Crippen molar-refractivity contribution in [2.75, 3.05) is 31.8 Å². The number of hydrogen-bond donors (Lipinski definition) is 1. The van der Waals surface area contributed by atoms with Gasteiger partial charge in [-0.2, -0.15) is 5.10 Å². The van der Waals surface area contributed by atoms with Gasteiger partial charge in [0.1, 0.15) is 0 Å². The lowest BCUT2D eigenvalue weighted by molar-refractivity contribution is 0.187. The number of hydrazone groups is 1. The van der Waals surface area contributed by atoms with Crippen LogP contribution in [0.25, 0.3) is 0 Å². The fourth-order valence-corrected chi connectivity index (χ4v) is 3.69. The topological polar surface area (TPSA) is 53.9 Å². The van der Waals surface area contributed by atoms with Gasteiger partial charge in [0.2, 0.25) is 0 Å². The Bertz CT molecular complexity index is 825. The number of anilines is 1. The smallest absolute Gasteiger partial charge is 0.342 e. The molecule has 2 aromatic rings. The summed E-state index contributed by atoms with van der Waals surface area (Å²) in [6.07, 6.45) is 3.84. The molecule has 1 unspecified atom stereocenters. The molecule has 5 nitrogen and oxygen atoms in total. The Labute approximate surface area is 175 Å². The van der Waals surface area contributed by atoms with Crippen LogP contribution in [0, 0.1) is 5.92 Å². The summed E-state index contributed by atoms with van der Waals surface area (Å²) >= 11 is 7.68. The molecule has 2 amide bonds. The largest absolute Gasteiger partial charge is 0.385 e.